The van der Waals surface area contributed by atoms with E-state index in [4.69, 9.17) is 21.3 Å². The summed E-state index contributed by atoms with van der Waals surface area (Å²) >= 11 is 11.0. The summed E-state index contributed by atoms with van der Waals surface area (Å²) in [5.74, 6) is 0.566. The minimum atomic E-state index is -0.606. The number of aromatic nitrogens is 1. The summed E-state index contributed by atoms with van der Waals surface area (Å²) in [6.45, 7) is 10.9. The molecule has 37 heavy (non-hydrogen) atoms. The molecule has 1 aliphatic heterocycles. The van der Waals surface area contributed by atoms with Gasteiger partial charge >= 0.3 is 0 Å². The Morgan fingerprint density at radius 3 is 2.57 bits per heavy atom. The number of carbonyl (C=O) groups is 1. The van der Waals surface area contributed by atoms with E-state index in [1.807, 2.05) is 57.2 Å². The van der Waals surface area contributed by atoms with Gasteiger partial charge in [-0.3, -0.25) is 14.2 Å². The van der Waals surface area contributed by atoms with Crippen molar-refractivity contribution in [3.63, 3.8) is 0 Å². The van der Waals surface area contributed by atoms with Crippen molar-refractivity contribution < 1.29 is 9.53 Å². The van der Waals surface area contributed by atoms with Crippen LogP contribution in [-0.2, 0) is 4.79 Å². The molecule has 0 saturated heterocycles. The molecule has 1 atom stereocenters. The Kier molecular flexibility index (Phi) is 8.52. The fourth-order valence-corrected chi connectivity index (χ4v) is 5.94. The van der Waals surface area contributed by atoms with Crippen LogP contribution in [0.2, 0.25) is 5.02 Å². The zero-order valence-corrected chi connectivity index (χ0v) is 24.0. The van der Waals surface area contributed by atoms with Crippen molar-refractivity contribution >= 4 is 50.9 Å². The van der Waals surface area contributed by atoms with E-state index < -0.39 is 6.04 Å². The molecule has 0 N–H and O–H groups in total. The number of rotatable bonds is 8. The van der Waals surface area contributed by atoms with Crippen LogP contribution in [0.3, 0.4) is 0 Å². The Morgan fingerprint density at radius 2 is 1.95 bits per heavy atom. The van der Waals surface area contributed by atoms with Gasteiger partial charge < -0.3 is 9.64 Å². The van der Waals surface area contributed by atoms with Crippen LogP contribution in [0.5, 0.6) is 5.75 Å². The Hall–Kier alpha value is -2.94. The molecule has 4 rings (SSSR count). The van der Waals surface area contributed by atoms with Crippen LogP contribution in [-0.4, -0.2) is 35.1 Å². The predicted molar refractivity (Wildman–Crippen MR) is 153 cm³/mol. The quantitative estimate of drug-likeness (QED) is 0.339. The van der Waals surface area contributed by atoms with E-state index in [1.165, 1.54) is 11.3 Å². The first kappa shape index (κ1) is 27.1. The van der Waals surface area contributed by atoms with Gasteiger partial charge in [0.1, 0.15) is 12.4 Å². The fraction of sp³-hybridized carbons (Fsp3) is 0.250. The molecule has 0 spiro atoms. The first-order chi connectivity index (χ1) is 17.8. The van der Waals surface area contributed by atoms with Crippen molar-refractivity contribution in [2.75, 3.05) is 19.7 Å². The SMILES string of the molecule is C=CCOc1ccc(/C=c2/sc3n(c2=O)[C@@H](c2ccc(Cl)cc2)C(C(=O)N(CC)CC)=C(C)N=3)cc1Br. The van der Waals surface area contributed by atoms with E-state index in [1.54, 1.807) is 27.7 Å². The van der Waals surface area contributed by atoms with Crippen molar-refractivity contribution in [3.05, 3.63) is 107 Å². The number of halogens is 2. The van der Waals surface area contributed by atoms with Crippen LogP contribution in [0.25, 0.3) is 6.08 Å². The van der Waals surface area contributed by atoms with Gasteiger partial charge in [-0.05, 0) is 78.2 Å². The van der Waals surface area contributed by atoms with Gasteiger partial charge in [-0.2, -0.15) is 0 Å². The highest BCUT2D eigenvalue weighted by Crippen LogP contribution is 2.32. The van der Waals surface area contributed by atoms with E-state index in [0.717, 1.165) is 15.6 Å². The molecular weight excluding hydrogens is 574 g/mol. The van der Waals surface area contributed by atoms with Crippen LogP contribution in [0.15, 0.2) is 80.6 Å². The molecule has 0 saturated carbocycles. The molecule has 1 aliphatic rings. The highest BCUT2D eigenvalue weighted by Gasteiger charge is 2.34. The number of benzene rings is 2. The maximum Gasteiger partial charge on any atom is 0.271 e. The molecule has 3 aromatic rings. The van der Waals surface area contributed by atoms with Gasteiger partial charge in [-0.15, -0.1) is 0 Å². The lowest BCUT2D eigenvalue weighted by molar-refractivity contribution is -0.127. The number of amides is 1. The maximum atomic E-state index is 13.8. The molecule has 0 bridgehead atoms. The normalized spacial score (nSPS) is 15.3. The van der Waals surface area contributed by atoms with E-state index in [0.29, 0.717) is 51.1 Å². The molecule has 1 amide bonds. The Balaban J connectivity index is 1.88. The standard InChI is InChI=1S/C28H27BrClN3O3S/c1-5-14-36-22-13-8-18(15-21(22)29)16-23-26(34)33-25(19-9-11-20(30)12-10-19)24(17(4)31-28(33)37-23)27(35)32(6-2)7-3/h5,8-13,15-16,25H,1,6-7,14H2,2-4H3/b23-16+/t25-/m0/s1. The van der Waals surface area contributed by atoms with Crippen LogP contribution in [0, 0.1) is 0 Å². The van der Waals surface area contributed by atoms with Gasteiger partial charge in [-0.25, -0.2) is 4.99 Å². The number of allylic oxidation sites excluding steroid dienone is 1. The number of thiazole rings is 1. The average molecular weight is 601 g/mol. The minimum absolute atomic E-state index is 0.125. The summed E-state index contributed by atoms with van der Waals surface area (Å²) < 4.78 is 8.55. The lowest BCUT2D eigenvalue weighted by Crippen LogP contribution is -2.43. The summed E-state index contributed by atoms with van der Waals surface area (Å²) in [4.78, 5) is 34.4. The van der Waals surface area contributed by atoms with Crippen molar-refractivity contribution in [2.45, 2.75) is 26.8 Å². The molecule has 0 fully saturated rings. The summed E-state index contributed by atoms with van der Waals surface area (Å²) in [6.07, 6.45) is 3.51. The molecule has 2 aromatic carbocycles. The molecule has 6 nitrogen and oxygen atoms in total. The van der Waals surface area contributed by atoms with Gasteiger partial charge in [0, 0.05) is 18.1 Å². The highest BCUT2D eigenvalue weighted by molar-refractivity contribution is 9.10. The zero-order chi connectivity index (χ0) is 26.7. The number of hydrogen-bond acceptors (Lipinski definition) is 5. The second kappa shape index (κ2) is 11.6. The van der Waals surface area contributed by atoms with Gasteiger partial charge in [0.05, 0.1) is 26.3 Å². The van der Waals surface area contributed by atoms with Crippen LogP contribution >= 0.6 is 38.9 Å². The van der Waals surface area contributed by atoms with Crippen LogP contribution in [0.1, 0.15) is 37.9 Å². The third kappa shape index (κ3) is 5.51. The molecule has 1 aromatic heterocycles. The first-order valence-corrected chi connectivity index (χ1v) is 13.9. The number of nitrogens with zero attached hydrogens (tertiary/aromatic N) is 3. The molecule has 9 heteroatoms. The smallest absolute Gasteiger partial charge is 0.271 e. The van der Waals surface area contributed by atoms with Crippen molar-refractivity contribution in [1.82, 2.24) is 9.47 Å². The highest BCUT2D eigenvalue weighted by atomic mass is 79.9. The average Bonchev–Trinajstić information content (AvgIpc) is 3.18. The number of likely N-dealkylation sites (N-methyl/N-ethyl adjacent to an activating group) is 1. The molecular formula is C28H27BrClN3O3S. The maximum absolute atomic E-state index is 13.8. The van der Waals surface area contributed by atoms with Crippen LogP contribution < -0.4 is 19.6 Å². The lowest BCUT2D eigenvalue weighted by atomic mass is 9.94. The number of carbonyl (C=O) groups excluding carboxylic acids is 1. The van der Waals surface area contributed by atoms with Crippen molar-refractivity contribution in [3.8, 4) is 5.75 Å². The second-order valence-electron chi connectivity index (χ2n) is 8.40. The van der Waals surface area contributed by atoms with E-state index in [9.17, 15) is 9.59 Å². The summed E-state index contributed by atoms with van der Waals surface area (Å²) in [5, 5.41) is 0.583. The van der Waals surface area contributed by atoms with Gasteiger partial charge in [0.25, 0.3) is 11.5 Å². The molecule has 192 valence electrons. The van der Waals surface area contributed by atoms with Crippen molar-refractivity contribution in [1.29, 1.82) is 0 Å². The Labute approximate surface area is 233 Å². The summed E-state index contributed by atoms with van der Waals surface area (Å²) in [5.41, 5.74) is 2.53. The molecule has 0 radical (unpaired) electrons. The summed E-state index contributed by atoms with van der Waals surface area (Å²) in [6, 6.07) is 12.3. The fourth-order valence-electron chi connectivity index (χ4n) is 4.26. The largest absolute Gasteiger partial charge is 0.488 e. The Bertz CT molecular complexity index is 1550. The third-order valence-corrected chi connectivity index (χ3v) is 7.95. The predicted octanol–water partition coefficient (Wildman–Crippen LogP) is 5.08. The summed E-state index contributed by atoms with van der Waals surface area (Å²) in [7, 11) is 0. The molecule has 2 heterocycles. The monoisotopic (exact) mass is 599 g/mol. The number of fused-ring (bicyclic) bond motifs is 1. The lowest BCUT2D eigenvalue weighted by Gasteiger charge is -2.29. The number of hydrogen-bond donors (Lipinski definition) is 0. The zero-order valence-electron chi connectivity index (χ0n) is 20.8. The first-order valence-electron chi connectivity index (χ1n) is 11.9. The third-order valence-electron chi connectivity index (χ3n) is 6.10. The topological polar surface area (TPSA) is 63.9 Å². The van der Waals surface area contributed by atoms with E-state index in [2.05, 4.69) is 22.5 Å². The second-order valence-corrected chi connectivity index (χ2v) is 10.7. The van der Waals surface area contributed by atoms with Crippen molar-refractivity contribution in [2.24, 2.45) is 4.99 Å². The van der Waals surface area contributed by atoms with Gasteiger partial charge in [0.2, 0.25) is 0 Å². The van der Waals surface area contributed by atoms with E-state index in [-0.39, 0.29) is 11.5 Å². The molecule has 0 unspecified atom stereocenters. The minimum Gasteiger partial charge on any atom is -0.488 e. The van der Waals surface area contributed by atoms with Gasteiger partial charge in [0.15, 0.2) is 4.80 Å². The van der Waals surface area contributed by atoms with Crippen LogP contribution in [0.4, 0.5) is 0 Å². The Morgan fingerprint density at radius 1 is 1.24 bits per heavy atom. The molecule has 0 aliphatic carbocycles. The number of ether oxygens (including phenoxy) is 1. The van der Waals surface area contributed by atoms with Gasteiger partial charge in [-0.1, -0.05) is 53.8 Å². The van der Waals surface area contributed by atoms with E-state index >= 15 is 0 Å².